The van der Waals surface area contributed by atoms with Crippen LogP contribution in [0.1, 0.15) is 18.4 Å². The third kappa shape index (κ3) is 2.59. The second kappa shape index (κ2) is 3.88. The summed E-state index contributed by atoms with van der Waals surface area (Å²) in [7, 11) is 0. The summed E-state index contributed by atoms with van der Waals surface area (Å²) >= 11 is 0. The van der Waals surface area contributed by atoms with E-state index < -0.39 is 11.7 Å². The summed E-state index contributed by atoms with van der Waals surface area (Å²) in [5, 5.41) is 0. The quantitative estimate of drug-likeness (QED) is 0.811. The van der Waals surface area contributed by atoms with E-state index in [1.54, 1.807) is 0 Å². The first-order valence-corrected chi connectivity index (χ1v) is 5.06. The molecule has 0 unspecified atom stereocenters. The van der Waals surface area contributed by atoms with Crippen LogP contribution in [-0.2, 0) is 6.18 Å². The smallest absolute Gasteiger partial charge is 0.418 e. The minimum absolute atomic E-state index is 0.291. The largest absolute Gasteiger partial charge is 0.493 e. The zero-order valence-electron chi connectivity index (χ0n) is 8.55. The number of rotatable bonds is 3. The van der Waals surface area contributed by atoms with Gasteiger partial charge in [-0.05, 0) is 30.9 Å². The summed E-state index contributed by atoms with van der Waals surface area (Å²) in [6.07, 6.45) is -2.13. The van der Waals surface area contributed by atoms with Gasteiger partial charge in [0.25, 0.3) is 0 Å². The van der Waals surface area contributed by atoms with Gasteiger partial charge in [0.1, 0.15) is 5.75 Å². The van der Waals surface area contributed by atoms with Crippen molar-refractivity contribution in [2.45, 2.75) is 19.0 Å². The van der Waals surface area contributed by atoms with Gasteiger partial charge in [-0.1, -0.05) is 0 Å². The lowest BCUT2D eigenvalue weighted by molar-refractivity contribution is -0.136. The molecule has 0 heterocycles. The number of hydrogen-bond acceptors (Lipinski definition) is 2. The van der Waals surface area contributed by atoms with Crippen LogP contribution < -0.4 is 10.5 Å². The molecule has 1 saturated carbocycles. The molecule has 1 aliphatic rings. The maximum absolute atomic E-state index is 12.4. The first kappa shape index (κ1) is 11.1. The molecule has 0 aromatic heterocycles. The van der Waals surface area contributed by atoms with Crippen LogP contribution in [0.3, 0.4) is 0 Å². The topological polar surface area (TPSA) is 35.2 Å². The molecule has 0 aliphatic heterocycles. The lowest BCUT2D eigenvalue weighted by atomic mass is 10.1. The molecule has 2 rings (SSSR count). The van der Waals surface area contributed by atoms with E-state index in [1.807, 2.05) is 0 Å². The number of ether oxygens (including phenoxy) is 1. The molecule has 0 spiro atoms. The molecule has 16 heavy (non-hydrogen) atoms. The lowest BCUT2D eigenvalue weighted by Gasteiger charge is -2.11. The third-order valence-electron chi connectivity index (χ3n) is 2.51. The molecule has 88 valence electrons. The summed E-state index contributed by atoms with van der Waals surface area (Å²) in [6, 6.07) is 3.49. The van der Waals surface area contributed by atoms with Gasteiger partial charge in [-0.25, -0.2) is 0 Å². The van der Waals surface area contributed by atoms with E-state index in [4.69, 9.17) is 10.5 Å². The van der Waals surface area contributed by atoms with Gasteiger partial charge in [-0.15, -0.1) is 0 Å². The summed E-state index contributed by atoms with van der Waals surface area (Å²) in [4.78, 5) is 0. The highest BCUT2D eigenvalue weighted by Crippen LogP contribution is 2.36. The molecule has 2 nitrogen and oxygen atoms in total. The van der Waals surface area contributed by atoms with Crippen LogP contribution in [0, 0.1) is 5.92 Å². The lowest BCUT2D eigenvalue weighted by Crippen LogP contribution is -2.09. The van der Waals surface area contributed by atoms with Crippen LogP contribution in [0.2, 0.25) is 0 Å². The van der Waals surface area contributed by atoms with Crippen molar-refractivity contribution in [1.29, 1.82) is 0 Å². The molecule has 5 heteroatoms. The van der Waals surface area contributed by atoms with Crippen molar-refractivity contribution in [2.24, 2.45) is 5.92 Å². The van der Waals surface area contributed by atoms with E-state index in [-0.39, 0.29) is 5.69 Å². The number of nitrogen functional groups attached to an aromatic ring is 1. The molecule has 0 saturated heterocycles. The number of hydrogen-bond donors (Lipinski definition) is 1. The van der Waals surface area contributed by atoms with E-state index in [0.29, 0.717) is 18.3 Å². The Morgan fingerprint density at radius 3 is 2.50 bits per heavy atom. The highest BCUT2D eigenvalue weighted by atomic mass is 19.4. The van der Waals surface area contributed by atoms with E-state index in [2.05, 4.69) is 0 Å². The van der Waals surface area contributed by atoms with Gasteiger partial charge in [0.15, 0.2) is 0 Å². The Balaban J connectivity index is 2.08. The second-order valence-electron chi connectivity index (χ2n) is 4.00. The SMILES string of the molecule is Nc1cc(OCC2CC2)ccc1C(F)(F)F. The van der Waals surface area contributed by atoms with Gasteiger partial charge in [0.2, 0.25) is 0 Å². The fraction of sp³-hybridized carbons (Fsp3) is 0.455. The second-order valence-corrected chi connectivity index (χ2v) is 4.00. The zero-order chi connectivity index (χ0) is 11.8. The van der Waals surface area contributed by atoms with Crippen LogP contribution in [-0.4, -0.2) is 6.61 Å². The summed E-state index contributed by atoms with van der Waals surface area (Å²) < 4.78 is 42.5. The van der Waals surface area contributed by atoms with Gasteiger partial charge < -0.3 is 10.5 Å². The minimum atomic E-state index is -4.40. The Morgan fingerprint density at radius 1 is 1.31 bits per heavy atom. The van der Waals surface area contributed by atoms with Gasteiger partial charge in [0.05, 0.1) is 12.2 Å². The van der Waals surface area contributed by atoms with Crippen molar-refractivity contribution >= 4 is 5.69 Å². The third-order valence-corrected chi connectivity index (χ3v) is 2.51. The number of halogens is 3. The summed E-state index contributed by atoms with van der Waals surface area (Å²) in [5.41, 5.74) is 4.22. The van der Waals surface area contributed by atoms with Crippen molar-refractivity contribution < 1.29 is 17.9 Å². The fourth-order valence-corrected chi connectivity index (χ4v) is 1.39. The number of anilines is 1. The van der Waals surface area contributed by atoms with Gasteiger partial charge in [-0.2, -0.15) is 13.2 Å². The monoisotopic (exact) mass is 231 g/mol. The highest BCUT2D eigenvalue weighted by molar-refractivity contribution is 5.52. The molecular formula is C11H12F3NO. The van der Waals surface area contributed by atoms with Crippen molar-refractivity contribution in [1.82, 2.24) is 0 Å². The zero-order valence-corrected chi connectivity index (χ0v) is 8.55. The molecule has 1 aromatic carbocycles. The molecule has 1 fully saturated rings. The average molecular weight is 231 g/mol. The molecule has 0 radical (unpaired) electrons. The molecule has 0 amide bonds. The predicted octanol–water partition coefficient (Wildman–Crippen LogP) is 3.08. The molecule has 0 atom stereocenters. The molecule has 0 bridgehead atoms. The standard InChI is InChI=1S/C11H12F3NO/c12-11(13,14)9-4-3-8(5-10(9)15)16-6-7-1-2-7/h3-5,7H,1-2,6,15H2. The Kier molecular flexibility index (Phi) is 2.69. The Bertz CT molecular complexity index is 385. The van der Waals surface area contributed by atoms with Crippen LogP contribution in [0.5, 0.6) is 5.75 Å². The number of benzene rings is 1. The van der Waals surface area contributed by atoms with Crippen molar-refractivity contribution in [3.8, 4) is 5.75 Å². The normalized spacial score (nSPS) is 16.2. The van der Waals surface area contributed by atoms with E-state index in [9.17, 15) is 13.2 Å². The maximum Gasteiger partial charge on any atom is 0.418 e. The van der Waals surface area contributed by atoms with Crippen molar-refractivity contribution in [3.63, 3.8) is 0 Å². The average Bonchev–Trinajstić information content (AvgIpc) is 2.96. The van der Waals surface area contributed by atoms with Crippen molar-refractivity contribution in [3.05, 3.63) is 23.8 Å². The van der Waals surface area contributed by atoms with Gasteiger partial charge in [-0.3, -0.25) is 0 Å². The molecule has 1 aromatic rings. The fourth-order valence-electron chi connectivity index (χ4n) is 1.39. The number of alkyl halides is 3. The minimum Gasteiger partial charge on any atom is -0.493 e. The van der Waals surface area contributed by atoms with Crippen molar-refractivity contribution in [2.75, 3.05) is 12.3 Å². The Morgan fingerprint density at radius 2 is 2.00 bits per heavy atom. The Hall–Kier alpha value is -1.39. The highest BCUT2D eigenvalue weighted by Gasteiger charge is 2.33. The van der Waals surface area contributed by atoms with E-state index >= 15 is 0 Å². The maximum atomic E-state index is 12.4. The molecule has 2 N–H and O–H groups in total. The summed E-state index contributed by atoms with van der Waals surface area (Å²) in [6.45, 7) is 0.560. The Labute approximate surface area is 91.2 Å². The van der Waals surface area contributed by atoms with E-state index in [0.717, 1.165) is 18.9 Å². The van der Waals surface area contributed by atoms with Crippen LogP contribution in [0.25, 0.3) is 0 Å². The number of nitrogens with two attached hydrogens (primary N) is 1. The van der Waals surface area contributed by atoms with Gasteiger partial charge in [0, 0.05) is 11.8 Å². The molecular weight excluding hydrogens is 219 g/mol. The van der Waals surface area contributed by atoms with Gasteiger partial charge >= 0.3 is 6.18 Å². The summed E-state index contributed by atoms with van der Waals surface area (Å²) in [5.74, 6) is 0.959. The van der Waals surface area contributed by atoms with Crippen LogP contribution >= 0.6 is 0 Å². The first-order chi connectivity index (χ1) is 7.47. The van der Waals surface area contributed by atoms with Crippen LogP contribution in [0.15, 0.2) is 18.2 Å². The molecule has 1 aliphatic carbocycles. The van der Waals surface area contributed by atoms with E-state index in [1.165, 1.54) is 12.1 Å². The first-order valence-electron chi connectivity index (χ1n) is 5.06. The van der Waals surface area contributed by atoms with Crippen LogP contribution in [0.4, 0.5) is 18.9 Å². The predicted molar refractivity (Wildman–Crippen MR) is 54.1 cm³/mol.